The van der Waals surface area contributed by atoms with Gasteiger partial charge in [-0.15, -0.1) is 0 Å². The topological polar surface area (TPSA) is 19.0 Å². The van der Waals surface area contributed by atoms with Gasteiger partial charge in [-0.2, -0.15) is 0 Å². The fourth-order valence-corrected chi connectivity index (χ4v) is 1.88. The van der Waals surface area contributed by atoms with E-state index in [1.54, 1.807) is 0 Å². The van der Waals surface area contributed by atoms with Crippen molar-refractivity contribution in [1.29, 1.82) is 0 Å². The molecule has 11 heavy (non-hydrogen) atoms. The lowest BCUT2D eigenvalue weighted by Crippen LogP contribution is -2.17. The van der Waals surface area contributed by atoms with Gasteiger partial charge < -0.3 is 4.98 Å². The smallest absolute Gasteiger partial charge is 0.0476 e. The summed E-state index contributed by atoms with van der Waals surface area (Å²) >= 11 is 0. The van der Waals surface area contributed by atoms with Crippen LogP contribution in [0.15, 0.2) is 12.3 Å². The van der Waals surface area contributed by atoms with Gasteiger partial charge in [-0.05, 0) is 32.5 Å². The Hall–Kier alpha value is -0.760. The van der Waals surface area contributed by atoms with Crippen LogP contribution in [0, 0.1) is 0 Å². The van der Waals surface area contributed by atoms with Crippen LogP contribution in [0.3, 0.4) is 0 Å². The summed E-state index contributed by atoms with van der Waals surface area (Å²) in [5.74, 6) is 0. The van der Waals surface area contributed by atoms with E-state index in [0.29, 0.717) is 12.1 Å². The summed E-state index contributed by atoms with van der Waals surface area (Å²) in [7, 11) is 2.17. The minimum atomic E-state index is 0.551. The maximum Gasteiger partial charge on any atom is 0.0476 e. The third kappa shape index (κ3) is 0.760. The lowest BCUT2D eigenvalue weighted by atomic mass is 10.1. The van der Waals surface area contributed by atoms with Crippen LogP contribution >= 0.6 is 0 Å². The van der Waals surface area contributed by atoms with Gasteiger partial charge in [-0.3, -0.25) is 4.90 Å². The second kappa shape index (κ2) is 2.11. The van der Waals surface area contributed by atoms with Gasteiger partial charge in [0.1, 0.15) is 0 Å². The summed E-state index contributed by atoms with van der Waals surface area (Å²) < 4.78 is 0. The molecule has 1 aliphatic heterocycles. The Balaban J connectivity index is 2.48. The predicted octanol–water partition coefficient (Wildman–Crippen LogP) is 2.08. The van der Waals surface area contributed by atoms with Crippen LogP contribution in [0.2, 0.25) is 0 Å². The summed E-state index contributed by atoms with van der Waals surface area (Å²) in [4.78, 5) is 5.66. The van der Waals surface area contributed by atoms with Gasteiger partial charge >= 0.3 is 0 Å². The van der Waals surface area contributed by atoms with E-state index in [4.69, 9.17) is 0 Å². The van der Waals surface area contributed by atoms with E-state index in [1.165, 1.54) is 11.3 Å². The number of aromatic nitrogens is 1. The van der Waals surface area contributed by atoms with E-state index >= 15 is 0 Å². The molecule has 0 bridgehead atoms. The molecule has 0 radical (unpaired) electrons. The molecular weight excluding hydrogens is 136 g/mol. The number of aromatic amines is 1. The predicted molar refractivity (Wildman–Crippen MR) is 45.4 cm³/mol. The Morgan fingerprint density at radius 2 is 2.09 bits per heavy atom. The number of fused-ring (bicyclic) bond motifs is 1. The summed E-state index contributed by atoms with van der Waals surface area (Å²) in [6, 6.07) is 3.31. The van der Waals surface area contributed by atoms with Crippen molar-refractivity contribution in [2.45, 2.75) is 25.9 Å². The molecule has 0 amide bonds. The van der Waals surface area contributed by atoms with Crippen molar-refractivity contribution < 1.29 is 0 Å². The van der Waals surface area contributed by atoms with Crippen LogP contribution in [0.5, 0.6) is 0 Å². The fraction of sp³-hybridized carbons (Fsp3) is 0.556. The first-order valence-corrected chi connectivity index (χ1v) is 4.11. The Kier molecular flexibility index (Phi) is 1.33. The molecule has 1 aliphatic rings. The third-order valence-electron chi connectivity index (χ3n) is 2.90. The number of H-pyrrole nitrogens is 1. The first-order chi connectivity index (χ1) is 5.22. The first-order valence-electron chi connectivity index (χ1n) is 4.11. The fourth-order valence-electron chi connectivity index (χ4n) is 1.88. The standard InChI is InChI=1S/C9H14N2/c1-6-8-4-5-10-9(8)7(2)11(6)3/h4-7,10H,1-3H3. The van der Waals surface area contributed by atoms with E-state index < -0.39 is 0 Å². The van der Waals surface area contributed by atoms with Gasteiger partial charge in [0.15, 0.2) is 0 Å². The molecule has 0 saturated carbocycles. The van der Waals surface area contributed by atoms with Crippen molar-refractivity contribution in [1.82, 2.24) is 9.88 Å². The zero-order valence-electron chi connectivity index (χ0n) is 7.26. The average molecular weight is 150 g/mol. The molecule has 2 unspecified atom stereocenters. The van der Waals surface area contributed by atoms with E-state index in [2.05, 4.69) is 36.8 Å². The molecule has 0 aliphatic carbocycles. The highest BCUT2D eigenvalue weighted by Crippen LogP contribution is 2.38. The zero-order chi connectivity index (χ0) is 8.01. The van der Waals surface area contributed by atoms with Crippen LogP contribution < -0.4 is 0 Å². The number of nitrogens with one attached hydrogen (secondary N) is 1. The molecule has 60 valence electrons. The van der Waals surface area contributed by atoms with E-state index in [9.17, 15) is 0 Å². The molecule has 0 aromatic carbocycles. The lowest BCUT2D eigenvalue weighted by Gasteiger charge is -2.20. The zero-order valence-corrected chi connectivity index (χ0v) is 7.26. The molecule has 1 aromatic heterocycles. The Morgan fingerprint density at radius 3 is 2.73 bits per heavy atom. The van der Waals surface area contributed by atoms with E-state index in [0.717, 1.165) is 0 Å². The van der Waals surface area contributed by atoms with Crippen molar-refractivity contribution in [2.24, 2.45) is 0 Å². The molecule has 2 heterocycles. The van der Waals surface area contributed by atoms with Crippen LogP contribution in [0.25, 0.3) is 0 Å². The molecule has 1 aromatic rings. The van der Waals surface area contributed by atoms with Crippen molar-refractivity contribution in [3.63, 3.8) is 0 Å². The third-order valence-corrected chi connectivity index (χ3v) is 2.90. The van der Waals surface area contributed by atoms with Crippen molar-refractivity contribution in [3.8, 4) is 0 Å². The molecule has 0 spiro atoms. The summed E-state index contributed by atoms with van der Waals surface area (Å²) in [6.07, 6.45) is 2.03. The maximum absolute atomic E-state index is 3.29. The van der Waals surface area contributed by atoms with E-state index in [-0.39, 0.29) is 0 Å². The minimum absolute atomic E-state index is 0.551. The normalized spacial score (nSPS) is 30.8. The van der Waals surface area contributed by atoms with Crippen LogP contribution in [-0.2, 0) is 0 Å². The summed E-state index contributed by atoms with van der Waals surface area (Å²) in [5, 5.41) is 0. The molecule has 1 N–H and O–H groups in total. The number of hydrogen-bond donors (Lipinski definition) is 1. The molecule has 2 rings (SSSR count). The minimum Gasteiger partial charge on any atom is -0.363 e. The van der Waals surface area contributed by atoms with E-state index in [1.807, 2.05) is 6.20 Å². The van der Waals surface area contributed by atoms with Gasteiger partial charge in [0.2, 0.25) is 0 Å². The highest BCUT2D eigenvalue weighted by Gasteiger charge is 2.30. The SMILES string of the molecule is CC1c2cc[nH]c2C(C)N1C. The molecule has 2 nitrogen and oxygen atoms in total. The van der Waals surface area contributed by atoms with Gasteiger partial charge in [0.05, 0.1) is 0 Å². The molecular formula is C9H14N2. The summed E-state index contributed by atoms with van der Waals surface area (Å²) in [5.41, 5.74) is 2.85. The van der Waals surface area contributed by atoms with Crippen LogP contribution in [-0.4, -0.2) is 16.9 Å². The highest BCUT2D eigenvalue weighted by atomic mass is 15.2. The largest absolute Gasteiger partial charge is 0.363 e. The average Bonchev–Trinajstić information content (AvgIpc) is 2.53. The lowest BCUT2D eigenvalue weighted by molar-refractivity contribution is 0.230. The Bertz CT molecular complexity index is 240. The molecule has 0 saturated heterocycles. The Labute approximate surface area is 67.2 Å². The molecule has 2 heteroatoms. The Morgan fingerprint density at radius 1 is 1.36 bits per heavy atom. The number of rotatable bonds is 0. The highest BCUT2D eigenvalue weighted by molar-refractivity contribution is 5.31. The van der Waals surface area contributed by atoms with Gasteiger partial charge in [-0.25, -0.2) is 0 Å². The maximum atomic E-state index is 3.29. The monoisotopic (exact) mass is 150 g/mol. The number of hydrogen-bond acceptors (Lipinski definition) is 1. The molecule has 2 atom stereocenters. The van der Waals surface area contributed by atoms with Crippen LogP contribution in [0.4, 0.5) is 0 Å². The van der Waals surface area contributed by atoms with Gasteiger partial charge in [0, 0.05) is 24.0 Å². The second-order valence-corrected chi connectivity index (χ2v) is 3.36. The summed E-state index contributed by atoms with van der Waals surface area (Å²) in [6.45, 7) is 4.48. The van der Waals surface area contributed by atoms with Crippen molar-refractivity contribution in [2.75, 3.05) is 7.05 Å². The molecule has 0 fully saturated rings. The first kappa shape index (κ1) is 6.92. The van der Waals surface area contributed by atoms with Crippen LogP contribution in [0.1, 0.15) is 37.2 Å². The number of nitrogens with zero attached hydrogens (tertiary/aromatic N) is 1. The quantitative estimate of drug-likeness (QED) is 0.600. The second-order valence-electron chi connectivity index (χ2n) is 3.36. The van der Waals surface area contributed by atoms with Gasteiger partial charge in [-0.1, -0.05) is 0 Å². The van der Waals surface area contributed by atoms with Gasteiger partial charge in [0.25, 0.3) is 0 Å². The van der Waals surface area contributed by atoms with Crippen molar-refractivity contribution >= 4 is 0 Å². The van der Waals surface area contributed by atoms with Crippen molar-refractivity contribution in [3.05, 3.63) is 23.5 Å².